The van der Waals surface area contributed by atoms with Gasteiger partial charge in [0, 0.05) is 6.42 Å². The van der Waals surface area contributed by atoms with Crippen LogP contribution >= 0.6 is 0 Å². The molecule has 3 heteroatoms. The van der Waals surface area contributed by atoms with E-state index >= 15 is 0 Å². The van der Waals surface area contributed by atoms with E-state index in [0.717, 1.165) is 32.1 Å². The monoisotopic (exact) mass is 468 g/mol. The first-order chi connectivity index (χ1) is 16.2. The quantitative estimate of drug-likeness (QED) is 0.0963. The van der Waals surface area contributed by atoms with Crippen LogP contribution in [-0.2, 0) is 9.53 Å². The molecule has 198 valence electrons. The first-order valence-corrected chi connectivity index (χ1v) is 15.0. The zero-order valence-electron chi connectivity index (χ0n) is 22.7. The van der Waals surface area contributed by atoms with Crippen molar-refractivity contribution >= 4 is 5.97 Å². The zero-order chi connectivity index (χ0) is 24.2. The average molecular weight is 469 g/mol. The van der Waals surface area contributed by atoms with Crippen molar-refractivity contribution in [2.24, 2.45) is 0 Å². The Balaban J connectivity index is 3.21. The van der Waals surface area contributed by atoms with E-state index in [1.807, 2.05) is 0 Å². The Kier molecular flexibility index (Phi) is 27.2. The molecule has 1 N–H and O–H groups in total. The Hall–Kier alpha value is -0.570. The third-order valence-electron chi connectivity index (χ3n) is 6.82. The first kappa shape index (κ1) is 32.4. The van der Waals surface area contributed by atoms with Gasteiger partial charge in [-0.1, -0.05) is 142 Å². The number of unbranched alkanes of at least 4 members (excludes halogenated alkanes) is 19. The number of hydrogen-bond acceptors (Lipinski definition) is 3. The molecule has 0 bridgehead atoms. The number of carbonyl (C=O) groups excluding carboxylic acids is 1. The molecule has 0 saturated carbocycles. The fraction of sp³-hybridized carbons (Fsp3) is 0.967. The predicted molar refractivity (Wildman–Crippen MR) is 144 cm³/mol. The lowest BCUT2D eigenvalue weighted by molar-refractivity contribution is -0.143. The van der Waals surface area contributed by atoms with Crippen LogP contribution in [0, 0.1) is 0 Å². The summed E-state index contributed by atoms with van der Waals surface area (Å²) in [6, 6.07) is 0. The Labute approximate surface area is 207 Å². The minimum Gasteiger partial charge on any atom is -0.466 e. The average Bonchev–Trinajstić information content (AvgIpc) is 2.81. The van der Waals surface area contributed by atoms with E-state index in [1.54, 1.807) is 0 Å². The number of ether oxygens (including phenoxy) is 1. The Morgan fingerprint density at radius 2 is 0.909 bits per heavy atom. The zero-order valence-corrected chi connectivity index (χ0v) is 22.7. The second-order valence-electron chi connectivity index (χ2n) is 10.3. The van der Waals surface area contributed by atoms with Gasteiger partial charge in [0.1, 0.15) is 0 Å². The summed E-state index contributed by atoms with van der Waals surface area (Å²) in [6.07, 6.45) is 30.2. The Morgan fingerprint density at radius 3 is 1.39 bits per heavy atom. The lowest BCUT2D eigenvalue weighted by Crippen LogP contribution is -2.06. The van der Waals surface area contributed by atoms with E-state index in [4.69, 9.17) is 4.74 Å². The lowest BCUT2D eigenvalue weighted by Gasteiger charge is -2.10. The van der Waals surface area contributed by atoms with Crippen molar-refractivity contribution in [3.63, 3.8) is 0 Å². The Bertz CT molecular complexity index is 383. The van der Waals surface area contributed by atoms with E-state index in [-0.39, 0.29) is 12.1 Å². The molecule has 0 rings (SSSR count). The molecule has 0 aromatic carbocycles. The maximum absolute atomic E-state index is 11.8. The third-order valence-corrected chi connectivity index (χ3v) is 6.82. The number of esters is 1. The van der Waals surface area contributed by atoms with Gasteiger partial charge in [-0.2, -0.15) is 0 Å². The molecule has 0 aromatic rings. The summed E-state index contributed by atoms with van der Waals surface area (Å²) in [4.78, 5) is 11.8. The molecule has 0 fully saturated rings. The summed E-state index contributed by atoms with van der Waals surface area (Å²) in [7, 11) is 0. The van der Waals surface area contributed by atoms with Crippen LogP contribution in [0.3, 0.4) is 0 Å². The van der Waals surface area contributed by atoms with Crippen LogP contribution in [0.4, 0.5) is 0 Å². The van der Waals surface area contributed by atoms with Crippen molar-refractivity contribution in [3.05, 3.63) is 0 Å². The fourth-order valence-electron chi connectivity index (χ4n) is 4.51. The third kappa shape index (κ3) is 27.6. The van der Waals surface area contributed by atoms with E-state index in [2.05, 4.69) is 13.8 Å². The molecule has 0 heterocycles. The molecule has 0 aliphatic rings. The van der Waals surface area contributed by atoms with Crippen LogP contribution in [0.5, 0.6) is 0 Å². The molecule has 1 unspecified atom stereocenters. The molecular formula is C30H60O3. The van der Waals surface area contributed by atoms with Crippen LogP contribution < -0.4 is 0 Å². The number of aliphatic hydroxyl groups excluding tert-OH is 1. The minimum atomic E-state index is -0.0771. The summed E-state index contributed by atoms with van der Waals surface area (Å²) in [5.74, 6) is -0.000763. The number of hydrogen-bond donors (Lipinski definition) is 1. The summed E-state index contributed by atoms with van der Waals surface area (Å²) in [5, 5.41) is 10.00. The molecule has 0 spiro atoms. The standard InChI is InChI=1S/C30H60O3/c1-3-5-7-9-10-11-14-17-20-24-28-33-30(32)27-23-19-16-13-12-15-18-22-26-29(31)25-21-8-6-4-2/h29,31H,3-28H2,1-2H3. The van der Waals surface area contributed by atoms with Crippen LogP contribution in [0.2, 0.25) is 0 Å². The van der Waals surface area contributed by atoms with E-state index < -0.39 is 0 Å². The van der Waals surface area contributed by atoms with Gasteiger partial charge in [-0.15, -0.1) is 0 Å². The molecule has 33 heavy (non-hydrogen) atoms. The van der Waals surface area contributed by atoms with Crippen LogP contribution in [-0.4, -0.2) is 23.8 Å². The summed E-state index contributed by atoms with van der Waals surface area (Å²) >= 11 is 0. The maximum Gasteiger partial charge on any atom is 0.305 e. The molecular weight excluding hydrogens is 408 g/mol. The van der Waals surface area contributed by atoms with Gasteiger partial charge in [0.2, 0.25) is 0 Å². The van der Waals surface area contributed by atoms with Crippen molar-refractivity contribution in [3.8, 4) is 0 Å². The molecule has 0 aliphatic heterocycles. The van der Waals surface area contributed by atoms with Crippen molar-refractivity contribution in [2.45, 2.75) is 180 Å². The highest BCUT2D eigenvalue weighted by Gasteiger charge is 2.04. The largest absolute Gasteiger partial charge is 0.466 e. The van der Waals surface area contributed by atoms with Gasteiger partial charge in [0.05, 0.1) is 12.7 Å². The first-order valence-electron chi connectivity index (χ1n) is 15.0. The predicted octanol–water partition coefficient (Wildman–Crippen LogP) is 9.68. The van der Waals surface area contributed by atoms with Gasteiger partial charge in [0.15, 0.2) is 0 Å². The van der Waals surface area contributed by atoms with E-state index in [9.17, 15) is 9.90 Å². The number of rotatable bonds is 27. The summed E-state index contributed by atoms with van der Waals surface area (Å²) in [6.45, 7) is 5.11. The van der Waals surface area contributed by atoms with Crippen molar-refractivity contribution < 1.29 is 14.6 Å². The molecule has 0 amide bonds. The minimum absolute atomic E-state index is 0.000763. The van der Waals surface area contributed by atoms with Crippen molar-refractivity contribution in [2.75, 3.05) is 6.61 Å². The van der Waals surface area contributed by atoms with Gasteiger partial charge in [-0.3, -0.25) is 4.79 Å². The van der Waals surface area contributed by atoms with Gasteiger partial charge in [-0.25, -0.2) is 0 Å². The molecule has 1 atom stereocenters. The van der Waals surface area contributed by atoms with Crippen molar-refractivity contribution in [1.82, 2.24) is 0 Å². The second-order valence-corrected chi connectivity index (χ2v) is 10.3. The highest BCUT2D eigenvalue weighted by Crippen LogP contribution is 2.15. The molecule has 0 aliphatic carbocycles. The van der Waals surface area contributed by atoms with Gasteiger partial charge < -0.3 is 9.84 Å². The highest BCUT2D eigenvalue weighted by molar-refractivity contribution is 5.69. The Morgan fingerprint density at radius 1 is 0.545 bits per heavy atom. The van der Waals surface area contributed by atoms with Crippen LogP contribution in [0.1, 0.15) is 174 Å². The van der Waals surface area contributed by atoms with Crippen LogP contribution in [0.15, 0.2) is 0 Å². The number of carbonyl (C=O) groups is 1. The van der Waals surface area contributed by atoms with Crippen molar-refractivity contribution in [1.29, 1.82) is 0 Å². The van der Waals surface area contributed by atoms with Gasteiger partial charge in [0.25, 0.3) is 0 Å². The molecule has 0 radical (unpaired) electrons. The van der Waals surface area contributed by atoms with Gasteiger partial charge in [-0.05, 0) is 25.7 Å². The van der Waals surface area contributed by atoms with Crippen LogP contribution in [0.25, 0.3) is 0 Å². The smallest absolute Gasteiger partial charge is 0.305 e. The van der Waals surface area contributed by atoms with E-state index in [0.29, 0.717) is 13.0 Å². The molecule has 3 nitrogen and oxygen atoms in total. The summed E-state index contributed by atoms with van der Waals surface area (Å²) in [5.41, 5.74) is 0. The number of aliphatic hydroxyl groups is 1. The maximum atomic E-state index is 11.8. The van der Waals surface area contributed by atoms with Gasteiger partial charge >= 0.3 is 5.97 Å². The normalized spacial score (nSPS) is 12.2. The van der Waals surface area contributed by atoms with E-state index in [1.165, 1.54) is 122 Å². The second kappa shape index (κ2) is 27.7. The SMILES string of the molecule is CCCCCCCCCCCCOC(=O)CCCCCCCCCCC(O)CCCCCC. The topological polar surface area (TPSA) is 46.5 Å². The summed E-state index contributed by atoms with van der Waals surface area (Å²) < 4.78 is 5.38. The fourth-order valence-corrected chi connectivity index (χ4v) is 4.51. The molecule has 0 saturated heterocycles. The molecule has 0 aromatic heterocycles. The lowest BCUT2D eigenvalue weighted by atomic mass is 10.0. The highest BCUT2D eigenvalue weighted by atomic mass is 16.5.